The number of aliphatic hydroxyl groups excluding tert-OH is 1. The molecule has 0 bridgehead atoms. The number of rotatable bonds is 5. The highest BCUT2D eigenvalue weighted by Crippen LogP contribution is 2.35. The van der Waals surface area contributed by atoms with Gasteiger partial charge in [0.2, 0.25) is 0 Å². The minimum Gasteiger partial charge on any atom is -0.394 e. The van der Waals surface area contributed by atoms with E-state index in [2.05, 4.69) is 5.32 Å². The summed E-state index contributed by atoms with van der Waals surface area (Å²) in [7, 11) is 0. The highest BCUT2D eigenvalue weighted by Gasteiger charge is 2.44. The van der Waals surface area contributed by atoms with Gasteiger partial charge >= 0.3 is 6.03 Å². The first-order valence-electron chi connectivity index (χ1n) is 9.87. The summed E-state index contributed by atoms with van der Waals surface area (Å²) < 4.78 is 39.9. The van der Waals surface area contributed by atoms with Crippen LogP contribution >= 0.6 is 0 Å². The van der Waals surface area contributed by atoms with E-state index < -0.39 is 5.92 Å². The number of urea groups is 1. The zero-order chi connectivity index (χ0) is 20.3. The van der Waals surface area contributed by atoms with Gasteiger partial charge < -0.3 is 20.2 Å². The summed E-state index contributed by atoms with van der Waals surface area (Å²) in [5, 5.41) is 12.7. The Labute approximate surface area is 163 Å². The SMILES string of the molecule is CC[C@@H]1CN(C(=O)Nc2ccc(F)cc2)[C@H](CO)[C@@H]1CN1CCC(F)(F)CC1. The number of amides is 2. The minimum absolute atomic E-state index is 0.0284. The van der Waals surface area contributed by atoms with Crippen LogP contribution in [-0.4, -0.2) is 65.7 Å². The fourth-order valence-electron chi connectivity index (χ4n) is 4.33. The molecule has 2 fully saturated rings. The Kier molecular flexibility index (Phi) is 6.50. The van der Waals surface area contributed by atoms with Gasteiger partial charge in [0, 0.05) is 44.7 Å². The van der Waals surface area contributed by atoms with Gasteiger partial charge in [0.15, 0.2) is 0 Å². The Morgan fingerprint density at radius 3 is 2.46 bits per heavy atom. The van der Waals surface area contributed by atoms with Crippen molar-refractivity contribution in [1.82, 2.24) is 9.80 Å². The maximum atomic E-state index is 13.4. The summed E-state index contributed by atoms with van der Waals surface area (Å²) in [5.74, 6) is -2.75. The van der Waals surface area contributed by atoms with Crippen LogP contribution in [0.1, 0.15) is 26.2 Å². The summed E-state index contributed by atoms with van der Waals surface area (Å²) >= 11 is 0. The van der Waals surface area contributed by atoms with Crippen LogP contribution in [0, 0.1) is 17.7 Å². The number of alkyl halides is 2. The van der Waals surface area contributed by atoms with E-state index >= 15 is 0 Å². The van der Waals surface area contributed by atoms with Gasteiger partial charge in [-0.3, -0.25) is 0 Å². The van der Waals surface area contributed by atoms with Crippen molar-refractivity contribution in [2.75, 3.05) is 38.1 Å². The zero-order valence-electron chi connectivity index (χ0n) is 16.1. The van der Waals surface area contributed by atoms with E-state index in [0.717, 1.165) is 6.42 Å². The third kappa shape index (κ3) is 4.78. The van der Waals surface area contributed by atoms with Crippen molar-refractivity contribution < 1.29 is 23.1 Å². The van der Waals surface area contributed by atoms with Gasteiger partial charge in [-0.25, -0.2) is 18.0 Å². The number of aliphatic hydroxyl groups is 1. The molecule has 0 aromatic heterocycles. The normalized spacial score (nSPS) is 27.8. The molecular formula is C20H28F3N3O2. The molecular weight excluding hydrogens is 371 g/mol. The van der Waals surface area contributed by atoms with Crippen LogP contribution in [0.25, 0.3) is 0 Å². The Hall–Kier alpha value is -1.80. The third-order valence-corrected chi connectivity index (χ3v) is 6.06. The molecule has 2 N–H and O–H groups in total. The number of hydrogen-bond acceptors (Lipinski definition) is 3. The second kappa shape index (κ2) is 8.69. The lowest BCUT2D eigenvalue weighted by Gasteiger charge is -2.36. The van der Waals surface area contributed by atoms with Gasteiger partial charge in [-0.15, -0.1) is 0 Å². The van der Waals surface area contributed by atoms with Gasteiger partial charge in [-0.1, -0.05) is 13.3 Å². The average Bonchev–Trinajstić information content (AvgIpc) is 3.02. The van der Waals surface area contributed by atoms with E-state index in [-0.39, 0.29) is 49.2 Å². The van der Waals surface area contributed by atoms with Crippen molar-refractivity contribution in [3.05, 3.63) is 30.1 Å². The van der Waals surface area contributed by atoms with Crippen molar-refractivity contribution in [2.45, 2.75) is 38.2 Å². The van der Waals surface area contributed by atoms with Gasteiger partial charge in [-0.2, -0.15) is 0 Å². The predicted octanol–water partition coefficient (Wildman–Crippen LogP) is 3.41. The summed E-state index contributed by atoms with van der Waals surface area (Å²) in [4.78, 5) is 16.4. The van der Waals surface area contributed by atoms with E-state index in [1.807, 2.05) is 11.8 Å². The maximum Gasteiger partial charge on any atom is 0.322 e. The summed E-state index contributed by atoms with van der Waals surface area (Å²) in [6, 6.07) is 4.81. The van der Waals surface area contributed by atoms with E-state index in [1.165, 1.54) is 24.3 Å². The second-order valence-corrected chi connectivity index (χ2v) is 7.83. The molecule has 156 valence electrons. The monoisotopic (exact) mass is 399 g/mol. The molecule has 0 spiro atoms. The molecule has 2 saturated heterocycles. The number of carbonyl (C=O) groups is 1. The molecule has 8 heteroatoms. The molecule has 3 atom stereocenters. The standard InChI is InChI=1S/C20H28F3N3O2/c1-2-14-11-26(19(28)24-16-5-3-15(21)4-6-16)18(13-27)17(14)12-25-9-7-20(22,23)8-10-25/h3-6,14,17-18,27H,2,7-13H2,1H3,(H,24,28)/t14-,17-,18-/m1/s1. The topological polar surface area (TPSA) is 55.8 Å². The molecule has 3 rings (SSSR count). The summed E-state index contributed by atoms with van der Waals surface area (Å²) in [6.45, 7) is 3.63. The smallest absolute Gasteiger partial charge is 0.322 e. The summed E-state index contributed by atoms with van der Waals surface area (Å²) in [5.41, 5.74) is 0.484. The largest absolute Gasteiger partial charge is 0.394 e. The number of carbonyl (C=O) groups excluding carboxylic acids is 1. The fourth-order valence-corrected chi connectivity index (χ4v) is 4.33. The summed E-state index contributed by atoms with van der Waals surface area (Å²) in [6.07, 6.45) is 0.551. The van der Waals surface area contributed by atoms with E-state index in [9.17, 15) is 23.1 Å². The first-order valence-corrected chi connectivity index (χ1v) is 9.87. The molecule has 1 aromatic rings. The first-order chi connectivity index (χ1) is 13.3. The zero-order valence-corrected chi connectivity index (χ0v) is 16.1. The van der Waals surface area contributed by atoms with Crippen molar-refractivity contribution in [3.63, 3.8) is 0 Å². The second-order valence-electron chi connectivity index (χ2n) is 7.83. The lowest BCUT2D eigenvalue weighted by molar-refractivity contribution is -0.0591. The van der Waals surface area contributed by atoms with Crippen molar-refractivity contribution in [2.24, 2.45) is 11.8 Å². The van der Waals surface area contributed by atoms with Gasteiger partial charge in [0.05, 0.1) is 12.6 Å². The first kappa shape index (κ1) is 20.9. The molecule has 28 heavy (non-hydrogen) atoms. The number of piperidine rings is 1. The molecule has 0 aliphatic carbocycles. The number of nitrogens with one attached hydrogen (secondary N) is 1. The maximum absolute atomic E-state index is 13.4. The van der Waals surface area contributed by atoms with Crippen molar-refractivity contribution >= 4 is 11.7 Å². The van der Waals surface area contributed by atoms with Crippen LogP contribution in [0.4, 0.5) is 23.7 Å². The van der Waals surface area contributed by atoms with Crippen LogP contribution in [0.3, 0.4) is 0 Å². The number of hydrogen-bond donors (Lipinski definition) is 2. The Morgan fingerprint density at radius 2 is 1.89 bits per heavy atom. The van der Waals surface area contributed by atoms with Crippen molar-refractivity contribution in [3.8, 4) is 0 Å². The molecule has 1 aromatic carbocycles. The highest BCUT2D eigenvalue weighted by atomic mass is 19.3. The van der Waals surface area contributed by atoms with Gasteiger partial charge in [0.1, 0.15) is 5.82 Å². The van der Waals surface area contributed by atoms with Crippen molar-refractivity contribution in [1.29, 1.82) is 0 Å². The van der Waals surface area contributed by atoms with Crippen LogP contribution in [0.15, 0.2) is 24.3 Å². The molecule has 2 aliphatic rings. The molecule has 5 nitrogen and oxygen atoms in total. The Morgan fingerprint density at radius 1 is 1.25 bits per heavy atom. The quantitative estimate of drug-likeness (QED) is 0.798. The third-order valence-electron chi connectivity index (χ3n) is 6.06. The van der Waals surface area contributed by atoms with Crippen LogP contribution in [-0.2, 0) is 0 Å². The predicted molar refractivity (Wildman–Crippen MR) is 101 cm³/mol. The van der Waals surface area contributed by atoms with E-state index in [0.29, 0.717) is 31.9 Å². The Balaban J connectivity index is 1.66. The van der Waals surface area contributed by atoms with Gasteiger partial charge in [-0.05, 0) is 36.1 Å². The van der Waals surface area contributed by atoms with E-state index in [4.69, 9.17) is 0 Å². The molecule has 0 unspecified atom stereocenters. The number of halogens is 3. The number of likely N-dealkylation sites (tertiary alicyclic amines) is 2. The van der Waals surface area contributed by atoms with E-state index in [1.54, 1.807) is 4.90 Å². The molecule has 2 aliphatic heterocycles. The number of benzene rings is 1. The molecule has 0 saturated carbocycles. The van der Waals surface area contributed by atoms with Crippen LogP contribution in [0.5, 0.6) is 0 Å². The number of anilines is 1. The molecule has 2 heterocycles. The minimum atomic E-state index is -2.59. The lowest BCUT2D eigenvalue weighted by atomic mass is 9.88. The average molecular weight is 399 g/mol. The Bertz CT molecular complexity index is 661. The highest BCUT2D eigenvalue weighted by molar-refractivity contribution is 5.89. The van der Waals surface area contributed by atoms with Gasteiger partial charge in [0.25, 0.3) is 5.92 Å². The number of nitrogens with zero attached hydrogens (tertiary/aromatic N) is 2. The van der Waals surface area contributed by atoms with Crippen LogP contribution < -0.4 is 5.32 Å². The molecule has 2 amide bonds. The molecule has 0 radical (unpaired) electrons. The van der Waals surface area contributed by atoms with Crippen LogP contribution in [0.2, 0.25) is 0 Å². The fraction of sp³-hybridized carbons (Fsp3) is 0.650. The lowest BCUT2D eigenvalue weighted by Crippen LogP contribution is -2.47.